The van der Waals surface area contributed by atoms with E-state index in [-0.39, 0.29) is 5.75 Å². The highest BCUT2D eigenvalue weighted by atomic mass is 16.5. The lowest BCUT2D eigenvalue weighted by Crippen LogP contribution is -2.28. The van der Waals surface area contributed by atoms with Crippen molar-refractivity contribution in [1.29, 1.82) is 0 Å². The van der Waals surface area contributed by atoms with Crippen LogP contribution < -0.4 is 4.74 Å². The second-order valence-electron chi connectivity index (χ2n) is 13.6. The van der Waals surface area contributed by atoms with Gasteiger partial charge in [-0.2, -0.15) is 4.98 Å². The minimum absolute atomic E-state index is 0.139. The van der Waals surface area contributed by atoms with E-state index in [4.69, 9.17) is 14.7 Å². The molecule has 0 bridgehead atoms. The van der Waals surface area contributed by atoms with Crippen LogP contribution in [0.3, 0.4) is 0 Å². The van der Waals surface area contributed by atoms with Crippen molar-refractivity contribution >= 4 is 10.8 Å². The summed E-state index contributed by atoms with van der Waals surface area (Å²) in [5.41, 5.74) is 9.14. The molecule has 0 saturated heterocycles. The molecule has 1 aliphatic rings. The molecule has 0 aliphatic heterocycles. The van der Waals surface area contributed by atoms with Gasteiger partial charge in [0.05, 0.1) is 23.3 Å². The second-order valence-corrected chi connectivity index (χ2v) is 13.6. The van der Waals surface area contributed by atoms with Crippen LogP contribution in [0.1, 0.15) is 61.8 Å². The van der Waals surface area contributed by atoms with Crippen LogP contribution in [0.15, 0.2) is 146 Å². The molecule has 4 heteroatoms. The van der Waals surface area contributed by atoms with E-state index in [1.165, 1.54) is 57.0 Å². The minimum Gasteiger partial charge on any atom is -0.507 e. The molecule has 7 aromatic rings. The number of aromatic hydroxyl groups is 1. The first-order valence-corrected chi connectivity index (χ1v) is 18.2. The normalized spacial score (nSPS) is 13.5. The number of nitrogens with zero attached hydrogens (tertiary/aromatic N) is 2. The molecule has 0 amide bonds. The molecule has 51 heavy (non-hydrogen) atoms. The third-order valence-corrected chi connectivity index (χ3v) is 10.6. The molecule has 8 rings (SSSR count). The average molecular weight is 667 g/mol. The summed E-state index contributed by atoms with van der Waals surface area (Å²) in [7, 11) is 0. The van der Waals surface area contributed by atoms with Crippen LogP contribution in [0.5, 0.6) is 11.6 Å². The highest BCUT2D eigenvalue weighted by molar-refractivity contribution is 5.96. The highest BCUT2D eigenvalue weighted by Crippen LogP contribution is 2.57. The van der Waals surface area contributed by atoms with E-state index in [0.717, 1.165) is 24.1 Å². The molecule has 1 aromatic heterocycles. The van der Waals surface area contributed by atoms with Gasteiger partial charge in [-0.25, -0.2) is 4.98 Å². The Balaban J connectivity index is 1.33. The van der Waals surface area contributed by atoms with Crippen molar-refractivity contribution in [2.75, 3.05) is 6.61 Å². The smallest absolute Gasteiger partial charge is 0.217 e. The summed E-state index contributed by atoms with van der Waals surface area (Å²) in [5, 5.41) is 13.3. The minimum atomic E-state index is -0.510. The summed E-state index contributed by atoms with van der Waals surface area (Å²) in [5.74, 6) is 1.55. The van der Waals surface area contributed by atoms with Gasteiger partial charge in [0.2, 0.25) is 5.88 Å². The third-order valence-electron chi connectivity index (χ3n) is 10.6. The van der Waals surface area contributed by atoms with Crippen LogP contribution in [0.25, 0.3) is 44.5 Å². The monoisotopic (exact) mass is 666 g/mol. The summed E-state index contributed by atoms with van der Waals surface area (Å²) in [6.45, 7) is 5.04. The van der Waals surface area contributed by atoms with Crippen LogP contribution >= 0.6 is 0 Å². The Morgan fingerprint density at radius 1 is 0.627 bits per heavy atom. The Labute approximate surface area is 300 Å². The Kier molecular flexibility index (Phi) is 8.83. The third kappa shape index (κ3) is 5.85. The first-order valence-electron chi connectivity index (χ1n) is 18.2. The maximum atomic E-state index is 10.8. The summed E-state index contributed by atoms with van der Waals surface area (Å²) >= 11 is 0. The molecule has 6 aromatic carbocycles. The summed E-state index contributed by atoms with van der Waals surface area (Å²) in [4.78, 5) is 9.89. The number of phenolic OH excluding ortho intramolecular Hbond substituents is 1. The molecular formula is C47H42N2O2. The standard InChI is InChI=1S/C47H42N2O2/c1-3-5-16-32(4-2)31-51-45-30-43(48-46(49-45)38-23-14-15-24-44(38)50)35-25-26-41-39(28-35)40-27-33-17-12-13-18-34(33)29-42(40)47(41,36-19-8-6-9-20-36)37-21-10-7-11-22-37/h6-15,17-30,32,50H,3-5,16,31H2,1-2H3. The van der Waals surface area contributed by atoms with Crippen molar-refractivity contribution in [3.63, 3.8) is 0 Å². The first kappa shape index (κ1) is 32.5. The Morgan fingerprint density at radius 2 is 1.27 bits per heavy atom. The summed E-state index contributed by atoms with van der Waals surface area (Å²) < 4.78 is 6.43. The number of aromatic nitrogens is 2. The summed E-state index contributed by atoms with van der Waals surface area (Å²) in [6.07, 6.45) is 4.52. The second kappa shape index (κ2) is 13.9. The fraction of sp³-hybridized carbons (Fsp3) is 0.191. The molecule has 0 radical (unpaired) electrons. The maximum Gasteiger partial charge on any atom is 0.217 e. The molecule has 1 atom stereocenters. The van der Waals surface area contributed by atoms with Crippen molar-refractivity contribution in [2.24, 2.45) is 5.92 Å². The molecule has 1 heterocycles. The maximum absolute atomic E-state index is 10.8. The number of ether oxygens (including phenoxy) is 1. The van der Waals surface area contributed by atoms with Gasteiger partial charge < -0.3 is 9.84 Å². The predicted molar refractivity (Wildman–Crippen MR) is 208 cm³/mol. The van der Waals surface area contributed by atoms with Crippen molar-refractivity contribution in [2.45, 2.75) is 44.9 Å². The predicted octanol–water partition coefficient (Wildman–Crippen LogP) is 11.6. The van der Waals surface area contributed by atoms with Crippen LogP contribution in [0.2, 0.25) is 0 Å². The van der Waals surface area contributed by atoms with Gasteiger partial charge in [-0.15, -0.1) is 0 Å². The lowest BCUT2D eigenvalue weighted by atomic mass is 9.67. The lowest BCUT2D eigenvalue weighted by molar-refractivity contribution is 0.226. The van der Waals surface area contributed by atoms with Crippen LogP contribution in [-0.2, 0) is 5.41 Å². The average Bonchev–Trinajstić information content (AvgIpc) is 3.47. The molecule has 0 saturated carbocycles. The number of benzene rings is 6. The number of hydrogen-bond acceptors (Lipinski definition) is 4. The van der Waals surface area contributed by atoms with E-state index in [1.54, 1.807) is 6.07 Å². The molecule has 252 valence electrons. The number of para-hydroxylation sites is 1. The van der Waals surface area contributed by atoms with Gasteiger partial charge in [-0.3, -0.25) is 0 Å². The van der Waals surface area contributed by atoms with Gasteiger partial charge in [-0.05, 0) is 86.8 Å². The van der Waals surface area contributed by atoms with Crippen molar-refractivity contribution in [1.82, 2.24) is 9.97 Å². The van der Waals surface area contributed by atoms with Gasteiger partial charge in [0, 0.05) is 11.6 Å². The van der Waals surface area contributed by atoms with Crippen LogP contribution in [-0.4, -0.2) is 21.7 Å². The van der Waals surface area contributed by atoms with Crippen LogP contribution in [0.4, 0.5) is 0 Å². The fourth-order valence-corrected chi connectivity index (χ4v) is 7.87. The van der Waals surface area contributed by atoms with E-state index in [0.29, 0.717) is 29.8 Å². The van der Waals surface area contributed by atoms with Gasteiger partial charge in [0.25, 0.3) is 0 Å². The Morgan fingerprint density at radius 3 is 1.96 bits per heavy atom. The topological polar surface area (TPSA) is 55.2 Å². The van der Waals surface area contributed by atoms with Gasteiger partial charge in [0.1, 0.15) is 5.75 Å². The molecule has 1 unspecified atom stereocenters. The number of unbranched alkanes of at least 4 members (excludes halogenated alkanes) is 1. The molecular weight excluding hydrogens is 625 g/mol. The largest absolute Gasteiger partial charge is 0.507 e. The quantitative estimate of drug-likeness (QED) is 0.149. The molecule has 0 fully saturated rings. The zero-order valence-electron chi connectivity index (χ0n) is 29.2. The number of hydrogen-bond donors (Lipinski definition) is 1. The van der Waals surface area contributed by atoms with E-state index >= 15 is 0 Å². The van der Waals surface area contributed by atoms with Crippen molar-refractivity contribution < 1.29 is 9.84 Å². The molecule has 1 aliphatic carbocycles. The van der Waals surface area contributed by atoms with Gasteiger partial charge in [-0.1, -0.05) is 142 Å². The highest BCUT2D eigenvalue weighted by Gasteiger charge is 2.46. The van der Waals surface area contributed by atoms with Crippen LogP contribution in [0, 0.1) is 5.92 Å². The van der Waals surface area contributed by atoms with Gasteiger partial charge >= 0.3 is 0 Å². The summed E-state index contributed by atoms with van der Waals surface area (Å²) in [6, 6.07) is 51.1. The number of rotatable bonds is 11. The number of phenols is 1. The molecule has 4 nitrogen and oxygen atoms in total. The van der Waals surface area contributed by atoms with E-state index in [2.05, 4.69) is 129 Å². The van der Waals surface area contributed by atoms with Crippen molar-refractivity contribution in [3.05, 3.63) is 168 Å². The van der Waals surface area contributed by atoms with Gasteiger partial charge in [0.15, 0.2) is 5.82 Å². The Bertz CT molecular complexity index is 2280. The van der Waals surface area contributed by atoms with E-state index < -0.39 is 5.41 Å². The zero-order chi connectivity index (χ0) is 34.8. The van der Waals surface area contributed by atoms with E-state index in [1.807, 2.05) is 24.3 Å². The molecule has 1 N–H and O–H groups in total. The van der Waals surface area contributed by atoms with E-state index in [9.17, 15) is 5.11 Å². The molecule has 0 spiro atoms. The van der Waals surface area contributed by atoms with Crippen molar-refractivity contribution in [3.8, 4) is 45.4 Å². The fourth-order valence-electron chi connectivity index (χ4n) is 7.87. The SMILES string of the molecule is CCCCC(CC)COc1cc(-c2ccc3c(c2)-c2cc4ccccc4cc2C3(c2ccccc2)c2ccccc2)nc(-c2ccccc2O)n1. The first-order chi connectivity index (χ1) is 25.1. The lowest BCUT2D eigenvalue weighted by Gasteiger charge is -2.34. The number of fused-ring (bicyclic) bond motifs is 4. The Hall–Kier alpha value is -5.74. The zero-order valence-corrected chi connectivity index (χ0v) is 29.2.